The Bertz CT molecular complexity index is 589. The van der Waals surface area contributed by atoms with Crippen molar-refractivity contribution in [3.8, 4) is 0 Å². The van der Waals surface area contributed by atoms with Gasteiger partial charge < -0.3 is 19.5 Å². The van der Waals surface area contributed by atoms with Crippen molar-refractivity contribution in [2.75, 3.05) is 31.6 Å². The Hall–Kier alpha value is -2.09. The van der Waals surface area contributed by atoms with Crippen LogP contribution in [0.25, 0.3) is 0 Å². The molecule has 0 atom stereocenters. The molecule has 3 rings (SSSR count). The summed E-state index contributed by atoms with van der Waals surface area (Å²) in [5.74, 6) is 0.953. The molecule has 0 bridgehead atoms. The second kappa shape index (κ2) is 7.21. The molecule has 0 aromatic carbocycles. The van der Waals surface area contributed by atoms with Gasteiger partial charge in [-0.15, -0.1) is 0 Å². The molecule has 3 amide bonds. The molecule has 2 heterocycles. The molecule has 2 aliphatic rings. The largest absolute Gasteiger partial charge is 0.378 e. The summed E-state index contributed by atoms with van der Waals surface area (Å²) in [6.45, 7) is 4.00. The average molecular weight is 336 g/mol. The smallest absolute Gasteiger partial charge is 0.321 e. The van der Waals surface area contributed by atoms with Gasteiger partial charge in [-0.25, -0.2) is 4.79 Å². The fraction of sp³-hybridized carbons (Fsp3) is 0.688. The number of amides is 3. The zero-order chi connectivity index (χ0) is 17.0. The number of nitrogens with zero attached hydrogens (tertiary/aromatic N) is 2. The van der Waals surface area contributed by atoms with Crippen molar-refractivity contribution in [1.82, 2.24) is 15.4 Å². The summed E-state index contributed by atoms with van der Waals surface area (Å²) < 4.78 is 10.3. The minimum atomic E-state index is -0.835. The number of aryl methyl sites for hydroxylation is 1. The number of carbonyl (C=O) groups is 2. The van der Waals surface area contributed by atoms with Crippen LogP contribution in [0.2, 0.25) is 0 Å². The summed E-state index contributed by atoms with van der Waals surface area (Å²) in [4.78, 5) is 27.2. The topological polar surface area (TPSA) is 96.7 Å². The maximum absolute atomic E-state index is 13.1. The molecule has 1 aliphatic carbocycles. The summed E-state index contributed by atoms with van der Waals surface area (Å²) >= 11 is 0. The van der Waals surface area contributed by atoms with Gasteiger partial charge in [0.15, 0.2) is 5.82 Å². The minimum absolute atomic E-state index is 0.00279. The fourth-order valence-electron chi connectivity index (χ4n) is 3.41. The number of aromatic nitrogens is 1. The number of morpholine rings is 1. The Balaban J connectivity index is 1.70. The van der Waals surface area contributed by atoms with Crippen LogP contribution >= 0.6 is 0 Å². The maximum Gasteiger partial charge on any atom is 0.321 e. The number of hydrogen-bond acceptors (Lipinski definition) is 5. The van der Waals surface area contributed by atoms with E-state index in [9.17, 15) is 9.59 Å². The van der Waals surface area contributed by atoms with Crippen molar-refractivity contribution >= 4 is 17.8 Å². The highest BCUT2D eigenvalue weighted by Gasteiger charge is 2.43. The van der Waals surface area contributed by atoms with Crippen LogP contribution in [-0.2, 0) is 9.53 Å². The van der Waals surface area contributed by atoms with Crippen LogP contribution in [0.15, 0.2) is 10.6 Å². The number of ether oxygens (including phenoxy) is 1. The first-order chi connectivity index (χ1) is 11.6. The molecule has 2 fully saturated rings. The summed E-state index contributed by atoms with van der Waals surface area (Å²) in [6.07, 6.45) is 4.27. The van der Waals surface area contributed by atoms with Gasteiger partial charge in [-0.1, -0.05) is 24.4 Å². The second-order valence-electron chi connectivity index (χ2n) is 6.45. The van der Waals surface area contributed by atoms with E-state index in [2.05, 4.69) is 15.8 Å². The first-order valence-electron chi connectivity index (χ1n) is 8.49. The van der Waals surface area contributed by atoms with Gasteiger partial charge in [0.25, 0.3) is 0 Å². The molecule has 1 saturated carbocycles. The van der Waals surface area contributed by atoms with Crippen LogP contribution < -0.4 is 10.6 Å². The van der Waals surface area contributed by atoms with Gasteiger partial charge in [-0.2, -0.15) is 0 Å². The fourth-order valence-corrected chi connectivity index (χ4v) is 3.41. The lowest BCUT2D eigenvalue weighted by Gasteiger charge is -2.41. The Morgan fingerprint density at radius 1 is 1.21 bits per heavy atom. The van der Waals surface area contributed by atoms with Crippen molar-refractivity contribution in [2.45, 2.75) is 44.6 Å². The quantitative estimate of drug-likeness (QED) is 0.875. The SMILES string of the molecule is Cc1cc(NC(=O)NC2(C(=O)N3CCOCC3)CCCCC2)no1. The van der Waals surface area contributed by atoms with Crippen LogP contribution in [0.5, 0.6) is 0 Å². The third-order valence-electron chi connectivity index (χ3n) is 4.64. The molecule has 1 aliphatic heterocycles. The molecule has 8 nitrogen and oxygen atoms in total. The van der Waals surface area contributed by atoms with E-state index in [1.54, 1.807) is 17.9 Å². The summed E-state index contributed by atoms with van der Waals surface area (Å²) in [7, 11) is 0. The molecule has 1 saturated heterocycles. The monoisotopic (exact) mass is 336 g/mol. The Kier molecular flexibility index (Phi) is 5.03. The minimum Gasteiger partial charge on any atom is -0.378 e. The number of rotatable bonds is 3. The van der Waals surface area contributed by atoms with Crippen molar-refractivity contribution in [3.63, 3.8) is 0 Å². The molecule has 0 unspecified atom stereocenters. The third kappa shape index (κ3) is 3.69. The van der Waals surface area contributed by atoms with E-state index < -0.39 is 11.6 Å². The number of carbonyl (C=O) groups excluding carboxylic acids is 2. The average Bonchev–Trinajstić information content (AvgIpc) is 3.00. The van der Waals surface area contributed by atoms with Gasteiger partial charge in [0, 0.05) is 19.2 Å². The van der Waals surface area contributed by atoms with E-state index in [1.807, 2.05) is 0 Å². The first kappa shape index (κ1) is 16.8. The molecule has 0 spiro atoms. The first-order valence-corrected chi connectivity index (χ1v) is 8.49. The predicted octanol–water partition coefficient (Wildman–Crippen LogP) is 1.67. The maximum atomic E-state index is 13.1. The van der Waals surface area contributed by atoms with E-state index >= 15 is 0 Å². The number of anilines is 1. The summed E-state index contributed by atoms with van der Waals surface area (Å²) in [6, 6.07) is 1.21. The molecule has 1 aromatic rings. The number of urea groups is 1. The van der Waals surface area contributed by atoms with Gasteiger partial charge in [0.1, 0.15) is 11.3 Å². The van der Waals surface area contributed by atoms with E-state index in [0.29, 0.717) is 50.7 Å². The zero-order valence-electron chi connectivity index (χ0n) is 14.0. The zero-order valence-corrected chi connectivity index (χ0v) is 14.0. The molecule has 1 aromatic heterocycles. The van der Waals surface area contributed by atoms with Crippen molar-refractivity contribution in [2.24, 2.45) is 0 Å². The van der Waals surface area contributed by atoms with Crippen LogP contribution in [0.4, 0.5) is 10.6 Å². The van der Waals surface area contributed by atoms with Crippen molar-refractivity contribution < 1.29 is 18.8 Å². The van der Waals surface area contributed by atoms with Crippen LogP contribution in [-0.4, -0.2) is 53.8 Å². The Morgan fingerprint density at radius 3 is 2.54 bits per heavy atom. The Labute approximate surface area is 140 Å². The van der Waals surface area contributed by atoms with Gasteiger partial charge in [-0.3, -0.25) is 10.1 Å². The summed E-state index contributed by atoms with van der Waals surface area (Å²) in [5, 5.41) is 9.31. The lowest BCUT2D eigenvalue weighted by molar-refractivity contribution is -0.143. The molecule has 8 heteroatoms. The highest BCUT2D eigenvalue weighted by Crippen LogP contribution is 2.30. The highest BCUT2D eigenvalue weighted by molar-refractivity contribution is 5.95. The molecule has 132 valence electrons. The standard InChI is InChI=1S/C16H24N4O4/c1-12-11-13(19-24-12)17-15(22)18-16(5-3-2-4-6-16)14(21)20-7-9-23-10-8-20/h11H,2-10H2,1H3,(H2,17,18,19,22). The van der Waals surface area contributed by atoms with Crippen molar-refractivity contribution in [1.29, 1.82) is 0 Å². The van der Waals surface area contributed by atoms with Gasteiger partial charge in [0.2, 0.25) is 5.91 Å². The van der Waals surface area contributed by atoms with E-state index in [4.69, 9.17) is 9.26 Å². The second-order valence-corrected chi connectivity index (χ2v) is 6.45. The van der Waals surface area contributed by atoms with E-state index in [1.165, 1.54) is 0 Å². The normalized spacial score (nSPS) is 20.5. The predicted molar refractivity (Wildman–Crippen MR) is 86.6 cm³/mol. The number of hydrogen-bond donors (Lipinski definition) is 2. The summed E-state index contributed by atoms with van der Waals surface area (Å²) in [5.41, 5.74) is -0.835. The lowest BCUT2D eigenvalue weighted by atomic mass is 9.80. The van der Waals surface area contributed by atoms with Crippen LogP contribution in [0.3, 0.4) is 0 Å². The molecule has 0 radical (unpaired) electrons. The van der Waals surface area contributed by atoms with Crippen molar-refractivity contribution in [3.05, 3.63) is 11.8 Å². The van der Waals surface area contributed by atoms with E-state index in [0.717, 1.165) is 19.3 Å². The Morgan fingerprint density at radius 2 is 1.92 bits per heavy atom. The molecule has 24 heavy (non-hydrogen) atoms. The number of nitrogens with one attached hydrogen (secondary N) is 2. The van der Waals surface area contributed by atoms with Gasteiger partial charge >= 0.3 is 6.03 Å². The molecule has 2 N–H and O–H groups in total. The van der Waals surface area contributed by atoms with E-state index in [-0.39, 0.29) is 5.91 Å². The lowest BCUT2D eigenvalue weighted by Crippen LogP contribution is -2.62. The highest BCUT2D eigenvalue weighted by atomic mass is 16.5. The molecular formula is C16H24N4O4. The van der Waals surface area contributed by atoms with Crippen LogP contribution in [0, 0.1) is 6.92 Å². The molecular weight excluding hydrogens is 312 g/mol. The van der Waals surface area contributed by atoms with Gasteiger partial charge in [-0.05, 0) is 19.8 Å². The van der Waals surface area contributed by atoms with Crippen LogP contribution in [0.1, 0.15) is 37.9 Å². The third-order valence-corrected chi connectivity index (χ3v) is 4.64. The van der Waals surface area contributed by atoms with Gasteiger partial charge in [0.05, 0.1) is 13.2 Å².